The molecular formula is C13H14N6S2. The smallest absolute Gasteiger partial charge is 0.213 e. The highest BCUT2D eigenvalue weighted by atomic mass is 32.2. The number of benzene rings is 1. The van der Waals surface area contributed by atoms with E-state index in [0.29, 0.717) is 5.16 Å². The van der Waals surface area contributed by atoms with Crippen molar-refractivity contribution in [2.24, 2.45) is 0 Å². The molecule has 1 aromatic carbocycles. The second-order valence-corrected chi connectivity index (χ2v) is 6.54. The average Bonchev–Trinajstić information content (AvgIpc) is 3.11. The number of nitrogens with zero attached hydrogens (tertiary/aromatic N) is 6. The fraction of sp³-hybridized carbons (Fsp3) is 0.308. The number of aromatic nitrogens is 6. The van der Waals surface area contributed by atoms with Crippen LogP contribution in [0.4, 0.5) is 0 Å². The molecule has 0 saturated carbocycles. The van der Waals surface area contributed by atoms with E-state index in [-0.39, 0.29) is 0 Å². The summed E-state index contributed by atoms with van der Waals surface area (Å²) >= 11 is 2.81. The van der Waals surface area contributed by atoms with E-state index in [1.165, 1.54) is 34.4 Å². The van der Waals surface area contributed by atoms with Crippen LogP contribution < -0.4 is 0 Å². The molecule has 0 atom stereocenters. The number of hydrogen-bond acceptors (Lipinski definition) is 7. The molecule has 0 aliphatic rings. The molecule has 108 valence electrons. The first kappa shape index (κ1) is 14.2. The van der Waals surface area contributed by atoms with Crippen molar-refractivity contribution >= 4 is 23.3 Å². The van der Waals surface area contributed by atoms with E-state index in [1.54, 1.807) is 4.68 Å². The van der Waals surface area contributed by atoms with Gasteiger partial charge < -0.3 is 0 Å². The molecule has 0 aliphatic carbocycles. The van der Waals surface area contributed by atoms with E-state index in [9.17, 15) is 0 Å². The van der Waals surface area contributed by atoms with Crippen LogP contribution in [0.1, 0.15) is 23.9 Å². The zero-order valence-corrected chi connectivity index (χ0v) is 13.6. The van der Waals surface area contributed by atoms with E-state index in [4.69, 9.17) is 0 Å². The standard InChI is InChI=1S/C13H14N6S2/c1-4-11-14-13(21-16-11)20-12-15-17-18-19(12)10-6-5-8(2)9(3)7-10/h5-7H,4H2,1-3H3. The highest BCUT2D eigenvalue weighted by Crippen LogP contribution is 2.28. The van der Waals surface area contributed by atoms with Gasteiger partial charge in [0.05, 0.1) is 5.69 Å². The lowest BCUT2D eigenvalue weighted by atomic mass is 10.1. The monoisotopic (exact) mass is 318 g/mol. The number of tetrazole rings is 1. The summed E-state index contributed by atoms with van der Waals surface area (Å²) in [4.78, 5) is 4.43. The van der Waals surface area contributed by atoms with E-state index in [1.807, 2.05) is 13.0 Å². The quantitative estimate of drug-likeness (QED) is 0.737. The molecule has 0 fully saturated rings. The van der Waals surface area contributed by atoms with E-state index in [2.05, 4.69) is 50.9 Å². The third-order valence-electron chi connectivity index (χ3n) is 3.12. The van der Waals surface area contributed by atoms with Crippen LogP contribution in [0.15, 0.2) is 27.7 Å². The summed E-state index contributed by atoms with van der Waals surface area (Å²) in [5.74, 6) is 0.854. The van der Waals surface area contributed by atoms with Crippen molar-refractivity contribution in [1.29, 1.82) is 0 Å². The molecule has 8 heteroatoms. The maximum atomic E-state index is 4.43. The molecule has 0 N–H and O–H groups in total. The van der Waals surface area contributed by atoms with Gasteiger partial charge in [0.15, 0.2) is 4.34 Å². The molecule has 0 aliphatic heterocycles. The second-order valence-electron chi connectivity index (χ2n) is 4.57. The van der Waals surface area contributed by atoms with E-state index < -0.39 is 0 Å². The van der Waals surface area contributed by atoms with Gasteiger partial charge in [-0.1, -0.05) is 13.0 Å². The first-order chi connectivity index (χ1) is 10.2. The van der Waals surface area contributed by atoms with Crippen molar-refractivity contribution < 1.29 is 0 Å². The Balaban J connectivity index is 1.91. The predicted molar refractivity (Wildman–Crippen MR) is 82.0 cm³/mol. The number of rotatable bonds is 4. The number of hydrogen-bond donors (Lipinski definition) is 0. The molecule has 0 radical (unpaired) electrons. The summed E-state index contributed by atoms with van der Waals surface area (Å²) in [6.45, 7) is 6.20. The summed E-state index contributed by atoms with van der Waals surface area (Å²) in [5.41, 5.74) is 3.41. The molecule has 21 heavy (non-hydrogen) atoms. The van der Waals surface area contributed by atoms with Gasteiger partial charge in [-0.25, -0.2) is 4.98 Å². The van der Waals surface area contributed by atoms with Crippen molar-refractivity contribution in [3.8, 4) is 5.69 Å². The van der Waals surface area contributed by atoms with Gasteiger partial charge in [0.25, 0.3) is 0 Å². The molecule has 2 aromatic heterocycles. The summed E-state index contributed by atoms with van der Waals surface area (Å²) in [6, 6.07) is 6.16. The fourth-order valence-electron chi connectivity index (χ4n) is 1.76. The zero-order valence-electron chi connectivity index (χ0n) is 11.9. The lowest BCUT2D eigenvalue weighted by Gasteiger charge is -2.05. The maximum absolute atomic E-state index is 4.43. The summed E-state index contributed by atoms with van der Waals surface area (Å²) in [7, 11) is 0. The Labute approximate surface area is 130 Å². The summed E-state index contributed by atoms with van der Waals surface area (Å²) in [5, 5.41) is 12.6. The minimum absolute atomic E-state index is 0.692. The molecule has 0 saturated heterocycles. The third-order valence-corrected chi connectivity index (χ3v) is 4.85. The van der Waals surface area contributed by atoms with Crippen molar-refractivity contribution in [1.82, 2.24) is 29.6 Å². The Hall–Kier alpha value is -1.80. The van der Waals surface area contributed by atoms with E-state index >= 15 is 0 Å². The first-order valence-electron chi connectivity index (χ1n) is 6.54. The Bertz CT molecular complexity index is 764. The maximum Gasteiger partial charge on any atom is 0.221 e. The van der Waals surface area contributed by atoms with Crippen molar-refractivity contribution in [2.45, 2.75) is 36.7 Å². The van der Waals surface area contributed by atoms with Crippen LogP contribution >= 0.6 is 23.3 Å². The molecule has 0 bridgehead atoms. The van der Waals surface area contributed by atoms with Crippen molar-refractivity contribution in [3.05, 3.63) is 35.2 Å². The zero-order chi connectivity index (χ0) is 14.8. The minimum Gasteiger partial charge on any atom is -0.213 e. The lowest BCUT2D eigenvalue weighted by Crippen LogP contribution is -1.99. The van der Waals surface area contributed by atoms with Crippen molar-refractivity contribution in [3.63, 3.8) is 0 Å². The van der Waals surface area contributed by atoms with Crippen LogP contribution in [0.5, 0.6) is 0 Å². The van der Waals surface area contributed by atoms with Gasteiger partial charge in [-0.2, -0.15) is 9.06 Å². The highest BCUT2D eigenvalue weighted by molar-refractivity contribution is 8.00. The molecule has 6 nitrogen and oxygen atoms in total. The summed E-state index contributed by atoms with van der Waals surface area (Å²) < 4.78 is 6.85. The minimum atomic E-state index is 0.692. The molecule has 2 heterocycles. The Morgan fingerprint density at radius 1 is 1.24 bits per heavy atom. The van der Waals surface area contributed by atoms with Crippen LogP contribution in [0, 0.1) is 13.8 Å². The molecule has 0 unspecified atom stereocenters. The van der Waals surface area contributed by atoms with Crippen LogP contribution in [0.25, 0.3) is 5.69 Å². The van der Waals surface area contributed by atoms with Crippen LogP contribution in [0.2, 0.25) is 0 Å². The van der Waals surface area contributed by atoms with Crippen molar-refractivity contribution in [2.75, 3.05) is 0 Å². The molecule has 3 rings (SSSR count). The largest absolute Gasteiger partial charge is 0.221 e. The van der Waals surface area contributed by atoms with Crippen LogP contribution in [0.3, 0.4) is 0 Å². The Morgan fingerprint density at radius 3 is 2.81 bits per heavy atom. The van der Waals surface area contributed by atoms with Gasteiger partial charge >= 0.3 is 0 Å². The predicted octanol–water partition coefficient (Wildman–Crippen LogP) is 2.84. The average molecular weight is 318 g/mol. The van der Waals surface area contributed by atoms with Crippen LogP contribution in [-0.4, -0.2) is 29.6 Å². The normalized spacial score (nSPS) is 11.0. The fourth-order valence-corrected chi connectivity index (χ4v) is 3.36. The topological polar surface area (TPSA) is 69.4 Å². The van der Waals surface area contributed by atoms with Gasteiger partial charge in [0.2, 0.25) is 5.16 Å². The highest BCUT2D eigenvalue weighted by Gasteiger charge is 2.13. The Kier molecular flexibility index (Phi) is 3.98. The Morgan fingerprint density at radius 2 is 2.10 bits per heavy atom. The lowest BCUT2D eigenvalue weighted by molar-refractivity contribution is 0.755. The van der Waals surface area contributed by atoms with Gasteiger partial charge in [0, 0.05) is 6.42 Å². The van der Waals surface area contributed by atoms with Gasteiger partial charge in [-0.3, -0.25) is 0 Å². The number of aryl methyl sites for hydroxylation is 3. The molecular weight excluding hydrogens is 304 g/mol. The van der Waals surface area contributed by atoms with Crippen LogP contribution in [-0.2, 0) is 6.42 Å². The second kappa shape index (κ2) is 5.90. The summed E-state index contributed by atoms with van der Waals surface area (Å²) in [6.07, 6.45) is 0.832. The van der Waals surface area contributed by atoms with Gasteiger partial charge in [0.1, 0.15) is 5.82 Å². The third kappa shape index (κ3) is 2.96. The van der Waals surface area contributed by atoms with E-state index in [0.717, 1.165) is 22.3 Å². The molecule has 3 aromatic rings. The SMILES string of the molecule is CCc1nsc(Sc2nnnn2-c2ccc(C)c(C)c2)n1. The molecule has 0 amide bonds. The van der Waals surface area contributed by atoms with Gasteiger partial charge in [-0.15, -0.1) is 5.10 Å². The van der Waals surface area contributed by atoms with Gasteiger partial charge in [-0.05, 0) is 70.8 Å². The molecule has 0 spiro atoms. The first-order valence-corrected chi connectivity index (χ1v) is 8.13.